The highest BCUT2D eigenvalue weighted by molar-refractivity contribution is 7.14. The number of aliphatic hydroxyl groups excluding tert-OH is 1. The number of anilines is 1. The van der Waals surface area contributed by atoms with Gasteiger partial charge in [0.1, 0.15) is 4.88 Å². The van der Waals surface area contributed by atoms with Crippen molar-refractivity contribution in [3.8, 4) is 0 Å². The number of amides is 1. The first-order valence-corrected chi connectivity index (χ1v) is 10.7. The lowest BCUT2D eigenvalue weighted by Gasteiger charge is -2.34. The van der Waals surface area contributed by atoms with Gasteiger partial charge in [0.25, 0.3) is 0 Å². The van der Waals surface area contributed by atoms with E-state index in [9.17, 15) is 19.8 Å². The topological polar surface area (TPSA) is 77.8 Å². The Bertz CT molecular complexity index is 668. The zero-order valence-corrected chi connectivity index (χ0v) is 17.9. The number of carbonyl (C=O) groups is 2. The van der Waals surface area contributed by atoms with Crippen LogP contribution >= 0.6 is 11.3 Å². The van der Waals surface area contributed by atoms with Crippen LogP contribution in [0.5, 0.6) is 0 Å². The highest BCUT2D eigenvalue weighted by Gasteiger charge is 2.35. The van der Waals surface area contributed by atoms with Crippen LogP contribution in [0.2, 0.25) is 0 Å². The Labute approximate surface area is 166 Å². The van der Waals surface area contributed by atoms with E-state index in [1.54, 1.807) is 4.90 Å². The van der Waals surface area contributed by atoms with Gasteiger partial charge in [-0.25, -0.2) is 4.79 Å². The monoisotopic (exact) mass is 395 g/mol. The Kier molecular flexibility index (Phi) is 7.09. The molecule has 0 radical (unpaired) electrons. The number of carbonyl (C=O) groups excluding carboxylic acids is 1. The first kappa shape index (κ1) is 21.9. The molecule has 1 aromatic rings. The molecule has 0 aliphatic heterocycles. The van der Waals surface area contributed by atoms with Gasteiger partial charge in [-0.2, -0.15) is 0 Å². The summed E-state index contributed by atoms with van der Waals surface area (Å²) < 4.78 is 0. The second-order valence-electron chi connectivity index (χ2n) is 8.91. The lowest BCUT2D eigenvalue weighted by Crippen LogP contribution is -2.44. The van der Waals surface area contributed by atoms with Gasteiger partial charge in [0.2, 0.25) is 5.91 Å². The summed E-state index contributed by atoms with van der Waals surface area (Å²) in [6, 6.07) is 1.62. The van der Waals surface area contributed by atoms with Crippen molar-refractivity contribution < 1.29 is 19.8 Å². The van der Waals surface area contributed by atoms with E-state index in [-0.39, 0.29) is 34.8 Å². The van der Waals surface area contributed by atoms with Crippen LogP contribution in [0.1, 0.15) is 81.3 Å². The number of carboxylic acid groups (broad SMARTS) is 1. The average molecular weight is 396 g/mol. The van der Waals surface area contributed by atoms with Crippen molar-refractivity contribution in [1.82, 2.24) is 0 Å². The fraction of sp³-hybridized carbons (Fsp3) is 0.714. The SMILES string of the molecule is CC1CCC(C(=O)N(c2cc(C(C)(C)C)sc2C(=O)O)[C@@H](C)CCO)CC1. The summed E-state index contributed by atoms with van der Waals surface area (Å²) in [5.74, 6) is -0.428. The van der Waals surface area contributed by atoms with E-state index in [1.807, 2.05) is 33.8 Å². The van der Waals surface area contributed by atoms with Crippen LogP contribution < -0.4 is 4.90 Å². The fourth-order valence-electron chi connectivity index (χ4n) is 3.68. The first-order chi connectivity index (χ1) is 12.6. The number of aliphatic hydroxyl groups is 1. The summed E-state index contributed by atoms with van der Waals surface area (Å²) in [7, 11) is 0. The molecular formula is C21H33NO4S. The number of nitrogens with zero attached hydrogens (tertiary/aromatic N) is 1. The molecule has 1 atom stereocenters. The van der Waals surface area contributed by atoms with Gasteiger partial charge in [-0.3, -0.25) is 4.79 Å². The molecule has 1 saturated carbocycles. The number of rotatable bonds is 6. The fourth-order valence-corrected chi connectivity index (χ4v) is 4.72. The van der Waals surface area contributed by atoms with Crippen molar-refractivity contribution in [2.75, 3.05) is 11.5 Å². The third-order valence-corrected chi connectivity index (χ3v) is 7.03. The molecule has 1 fully saturated rings. The van der Waals surface area contributed by atoms with Crippen LogP contribution in [0.15, 0.2) is 6.07 Å². The second-order valence-corrected chi connectivity index (χ2v) is 9.96. The predicted molar refractivity (Wildman–Crippen MR) is 110 cm³/mol. The summed E-state index contributed by atoms with van der Waals surface area (Å²) in [5, 5.41) is 19.2. The van der Waals surface area contributed by atoms with E-state index in [4.69, 9.17) is 0 Å². The quantitative estimate of drug-likeness (QED) is 0.733. The van der Waals surface area contributed by atoms with Crippen molar-refractivity contribution in [1.29, 1.82) is 0 Å². The molecule has 2 rings (SSSR count). The maximum absolute atomic E-state index is 13.4. The molecule has 27 heavy (non-hydrogen) atoms. The molecule has 0 aromatic carbocycles. The van der Waals surface area contributed by atoms with Crippen LogP contribution in [0.25, 0.3) is 0 Å². The normalized spacial score (nSPS) is 21.7. The number of hydrogen-bond donors (Lipinski definition) is 2. The number of aromatic carboxylic acids is 1. The molecule has 1 aliphatic carbocycles. The third-order valence-electron chi connectivity index (χ3n) is 5.50. The van der Waals surface area contributed by atoms with E-state index in [2.05, 4.69) is 6.92 Å². The molecule has 0 spiro atoms. The molecule has 0 bridgehead atoms. The molecule has 1 heterocycles. The number of carboxylic acids is 1. The zero-order chi connectivity index (χ0) is 20.4. The molecule has 6 heteroatoms. The van der Waals surface area contributed by atoms with E-state index < -0.39 is 5.97 Å². The third kappa shape index (κ3) is 5.11. The summed E-state index contributed by atoms with van der Waals surface area (Å²) in [4.78, 5) is 28.1. The van der Waals surface area contributed by atoms with Gasteiger partial charge in [-0.15, -0.1) is 11.3 Å². The molecule has 0 saturated heterocycles. The Balaban J connectivity index is 2.46. The Morgan fingerprint density at radius 2 is 1.85 bits per heavy atom. The second kappa shape index (κ2) is 8.74. The van der Waals surface area contributed by atoms with Crippen molar-refractivity contribution in [3.05, 3.63) is 15.8 Å². The average Bonchev–Trinajstić information content (AvgIpc) is 3.01. The largest absolute Gasteiger partial charge is 0.477 e. The molecule has 5 nitrogen and oxygen atoms in total. The van der Waals surface area contributed by atoms with Gasteiger partial charge in [-0.1, -0.05) is 27.7 Å². The van der Waals surface area contributed by atoms with Gasteiger partial charge >= 0.3 is 5.97 Å². The Morgan fingerprint density at radius 3 is 2.33 bits per heavy atom. The van der Waals surface area contributed by atoms with Gasteiger partial charge in [0, 0.05) is 23.4 Å². The van der Waals surface area contributed by atoms with E-state index in [1.165, 1.54) is 11.3 Å². The smallest absolute Gasteiger partial charge is 0.348 e. The minimum Gasteiger partial charge on any atom is -0.477 e. The minimum atomic E-state index is -1.00. The van der Waals surface area contributed by atoms with Crippen molar-refractivity contribution in [2.45, 2.75) is 78.2 Å². The van der Waals surface area contributed by atoms with E-state index >= 15 is 0 Å². The van der Waals surface area contributed by atoms with Crippen molar-refractivity contribution >= 4 is 28.9 Å². The summed E-state index contributed by atoms with van der Waals surface area (Å²) >= 11 is 1.25. The molecule has 2 N–H and O–H groups in total. The Morgan fingerprint density at radius 1 is 1.26 bits per heavy atom. The van der Waals surface area contributed by atoms with E-state index in [0.717, 1.165) is 30.6 Å². The lowest BCUT2D eigenvalue weighted by atomic mass is 9.82. The van der Waals surface area contributed by atoms with E-state index in [0.29, 0.717) is 18.0 Å². The molecule has 1 aliphatic rings. The van der Waals surface area contributed by atoms with Crippen LogP contribution in [-0.2, 0) is 10.2 Å². The predicted octanol–water partition coefficient (Wildman–Crippen LogP) is 4.67. The maximum atomic E-state index is 13.4. The number of thiophene rings is 1. The maximum Gasteiger partial charge on any atom is 0.348 e. The summed E-state index contributed by atoms with van der Waals surface area (Å²) in [6.07, 6.45) is 4.18. The molecule has 1 amide bonds. The summed E-state index contributed by atoms with van der Waals surface area (Å²) in [6.45, 7) is 10.2. The van der Waals surface area contributed by atoms with Gasteiger partial charge in [0.15, 0.2) is 0 Å². The Hall–Kier alpha value is -1.40. The first-order valence-electron chi connectivity index (χ1n) is 9.87. The van der Waals surface area contributed by atoms with Crippen LogP contribution in [0, 0.1) is 11.8 Å². The summed E-state index contributed by atoms with van der Waals surface area (Å²) in [5.41, 5.74) is 0.296. The lowest BCUT2D eigenvalue weighted by molar-refractivity contribution is -0.124. The van der Waals surface area contributed by atoms with Crippen molar-refractivity contribution in [3.63, 3.8) is 0 Å². The van der Waals surface area contributed by atoms with Gasteiger partial charge in [0.05, 0.1) is 5.69 Å². The highest BCUT2D eigenvalue weighted by Crippen LogP contribution is 2.40. The van der Waals surface area contributed by atoms with Gasteiger partial charge in [-0.05, 0) is 56.4 Å². The molecule has 152 valence electrons. The van der Waals surface area contributed by atoms with Crippen LogP contribution in [0.4, 0.5) is 5.69 Å². The van der Waals surface area contributed by atoms with Gasteiger partial charge < -0.3 is 15.1 Å². The standard InChI is InChI=1S/C21H33NO4S/c1-13-6-8-15(9-7-13)19(24)22(14(2)10-11-23)16-12-17(21(3,4)5)27-18(16)20(25)26/h12-15,23H,6-11H2,1-5H3,(H,25,26)/t13?,14-,15?/m0/s1. The molecule has 1 aromatic heterocycles. The number of hydrogen-bond acceptors (Lipinski definition) is 4. The molecular weight excluding hydrogens is 362 g/mol. The highest BCUT2D eigenvalue weighted by atomic mass is 32.1. The van der Waals surface area contributed by atoms with Crippen LogP contribution in [0.3, 0.4) is 0 Å². The van der Waals surface area contributed by atoms with Crippen LogP contribution in [-0.4, -0.2) is 34.7 Å². The molecule has 0 unspecified atom stereocenters. The van der Waals surface area contributed by atoms with Crippen molar-refractivity contribution in [2.24, 2.45) is 11.8 Å². The zero-order valence-electron chi connectivity index (χ0n) is 17.1. The minimum absolute atomic E-state index is 0.00334.